The molecule has 0 spiro atoms. The summed E-state index contributed by atoms with van der Waals surface area (Å²) in [7, 11) is 0. The van der Waals surface area contributed by atoms with E-state index in [9.17, 15) is 23.1 Å². The zero-order chi connectivity index (χ0) is 22.1. The molecule has 0 unspecified atom stereocenters. The van der Waals surface area contributed by atoms with Crippen LogP contribution in [0.4, 0.5) is 18.0 Å². The minimum atomic E-state index is -4.42. The topological polar surface area (TPSA) is 114 Å². The number of alkyl halides is 3. The van der Waals surface area contributed by atoms with E-state index in [0.29, 0.717) is 24.1 Å². The first-order valence-corrected chi connectivity index (χ1v) is 9.80. The molecule has 30 heavy (non-hydrogen) atoms. The summed E-state index contributed by atoms with van der Waals surface area (Å²) in [5.41, 5.74) is 5.98. The lowest BCUT2D eigenvalue weighted by Crippen LogP contribution is -2.48. The summed E-state index contributed by atoms with van der Waals surface area (Å²) >= 11 is 0. The van der Waals surface area contributed by atoms with E-state index in [0.717, 1.165) is 25.0 Å². The number of carbonyl (C=O) groups is 1. The van der Waals surface area contributed by atoms with Gasteiger partial charge in [0.25, 0.3) is 0 Å². The third-order valence-corrected chi connectivity index (χ3v) is 5.57. The summed E-state index contributed by atoms with van der Waals surface area (Å²) < 4.78 is 43.8. The van der Waals surface area contributed by atoms with Gasteiger partial charge in [-0.25, -0.2) is 10.6 Å². The van der Waals surface area contributed by atoms with Gasteiger partial charge < -0.3 is 25.9 Å². The SMILES string of the molecule is C[C@]1(CO)CC[C@@H](OC(=O)NC2CC2)C(N)=C1N(N)Cc1ccc(C(F)(F)F)cc1. The molecule has 1 amide bonds. The highest BCUT2D eigenvalue weighted by Crippen LogP contribution is 2.41. The van der Waals surface area contributed by atoms with Gasteiger partial charge in [-0.3, -0.25) is 0 Å². The van der Waals surface area contributed by atoms with E-state index >= 15 is 0 Å². The van der Waals surface area contributed by atoms with Crippen LogP contribution in [-0.2, 0) is 17.5 Å². The predicted molar refractivity (Wildman–Crippen MR) is 103 cm³/mol. The monoisotopic (exact) mass is 428 g/mol. The molecule has 0 saturated heterocycles. The molecule has 6 N–H and O–H groups in total. The van der Waals surface area contributed by atoms with Crippen molar-refractivity contribution in [2.45, 2.75) is 57.5 Å². The van der Waals surface area contributed by atoms with Crippen molar-refractivity contribution in [3.05, 3.63) is 46.8 Å². The number of hydrogen-bond acceptors (Lipinski definition) is 6. The van der Waals surface area contributed by atoms with Crippen LogP contribution in [0, 0.1) is 5.41 Å². The zero-order valence-electron chi connectivity index (χ0n) is 16.7. The van der Waals surface area contributed by atoms with Crippen LogP contribution in [0.5, 0.6) is 0 Å². The second kappa shape index (κ2) is 8.35. The number of aliphatic hydroxyl groups excluding tert-OH is 1. The van der Waals surface area contributed by atoms with Gasteiger partial charge in [-0.05, 0) is 43.4 Å². The van der Waals surface area contributed by atoms with Crippen molar-refractivity contribution < 1.29 is 27.8 Å². The van der Waals surface area contributed by atoms with E-state index in [1.54, 1.807) is 6.92 Å². The predicted octanol–water partition coefficient (Wildman–Crippen LogP) is 2.60. The molecule has 1 aromatic carbocycles. The Labute approximate surface area is 172 Å². The number of aliphatic hydroxyl groups is 1. The summed E-state index contributed by atoms with van der Waals surface area (Å²) in [6.07, 6.45) is -2.93. The van der Waals surface area contributed by atoms with Gasteiger partial charge in [-0.2, -0.15) is 13.2 Å². The minimum Gasteiger partial charge on any atom is -0.440 e. The molecular weight excluding hydrogens is 401 g/mol. The first-order chi connectivity index (χ1) is 14.0. The summed E-state index contributed by atoms with van der Waals surface area (Å²) in [6, 6.07) is 4.80. The Balaban J connectivity index is 1.78. The molecule has 0 bridgehead atoms. The highest BCUT2D eigenvalue weighted by Gasteiger charge is 2.41. The van der Waals surface area contributed by atoms with Gasteiger partial charge in [0.2, 0.25) is 0 Å². The maximum absolute atomic E-state index is 12.8. The third-order valence-electron chi connectivity index (χ3n) is 5.57. The van der Waals surface area contributed by atoms with Crippen LogP contribution in [-0.4, -0.2) is 35.0 Å². The number of nitrogens with two attached hydrogens (primary N) is 2. The summed E-state index contributed by atoms with van der Waals surface area (Å²) in [4.78, 5) is 12.0. The van der Waals surface area contributed by atoms with Crippen molar-refractivity contribution in [3.8, 4) is 0 Å². The second-order valence-corrected chi connectivity index (χ2v) is 8.20. The molecule has 2 aliphatic carbocycles. The number of rotatable bonds is 6. The maximum Gasteiger partial charge on any atom is 0.416 e. The molecule has 0 aromatic heterocycles. The van der Waals surface area contributed by atoms with Crippen LogP contribution in [0.3, 0.4) is 0 Å². The van der Waals surface area contributed by atoms with Crippen molar-refractivity contribution in [3.63, 3.8) is 0 Å². The van der Waals surface area contributed by atoms with Gasteiger partial charge in [0, 0.05) is 11.5 Å². The lowest BCUT2D eigenvalue weighted by Gasteiger charge is -2.42. The molecule has 0 radical (unpaired) electrons. The van der Waals surface area contributed by atoms with E-state index in [2.05, 4.69) is 5.32 Å². The lowest BCUT2D eigenvalue weighted by atomic mass is 9.75. The number of ether oxygens (including phenoxy) is 1. The maximum atomic E-state index is 12.8. The van der Waals surface area contributed by atoms with Crippen molar-refractivity contribution in [1.29, 1.82) is 0 Å². The summed E-state index contributed by atoms with van der Waals surface area (Å²) in [5.74, 6) is 6.24. The van der Waals surface area contributed by atoms with E-state index in [1.807, 2.05) is 0 Å². The van der Waals surface area contributed by atoms with Crippen LogP contribution >= 0.6 is 0 Å². The molecule has 3 rings (SSSR count). The molecule has 7 nitrogen and oxygen atoms in total. The van der Waals surface area contributed by atoms with Crippen LogP contribution in [0.15, 0.2) is 35.7 Å². The van der Waals surface area contributed by atoms with Gasteiger partial charge >= 0.3 is 12.3 Å². The number of amides is 1. The second-order valence-electron chi connectivity index (χ2n) is 8.20. The smallest absolute Gasteiger partial charge is 0.416 e. The molecule has 1 aromatic rings. The molecule has 1 fully saturated rings. The van der Waals surface area contributed by atoms with Crippen LogP contribution < -0.4 is 16.9 Å². The number of carbonyl (C=O) groups excluding carboxylic acids is 1. The molecule has 2 atom stereocenters. The van der Waals surface area contributed by atoms with E-state index in [4.69, 9.17) is 16.3 Å². The Kier molecular flexibility index (Phi) is 6.19. The first kappa shape index (κ1) is 22.2. The number of halogens is 3. The largest absolute Gasteiger partial charge is 0.440 e. The lowest BCUT2D eigenvalue weighted by molar-refractivity contribution is -0.137. The van der Waals surface area contributed by atoms with Gasteiger partial charge in [-0.15, -0.1) is 0 Å². The summed E-state index contributed by atoms with van der Waals surface area (Å²) in [5, 5.41) is 14.0. The standard InChI is InChI=1S/C20H27F3N4O3/c1-19(11-28)9-8-15(30-18(29)26-14-6-7-14)16(24)17(19)27(25)10-12-2-4-13(5-3-12)20(21,22)23/h2-5,14-15,28H,6-11,24-25H2,1H3,(H,26,29)/t15-,19-/m1/s1. The van der Waals surface area contributed by atoms with Crippen LogP contribution in [0.1, 0.15) is 43.7 Å². The number of nitrogens with zero attached hydrogens (tertiary/aromatic N) is 1. The average molecular weight is 428 g/mol. The van der Waals surface area contributed by atoms with Crippen LogP contribution in [0.2, 0.25) is 0 Å². The Morgan fingerprint density at radius 3 is 2.47 bits per heavy atom. The van der Waals surface area contributed by atoms with Crippen molar-refractivity contribution >= 4 is 6.09 Å². The number of nitrogens with one attached hydrogen (secondary N) is 1. The Bertz CT molecular complexity index is 809. The zero-order valence-corrected chi connectivity index (χ0v) is 16.7. The van der Waals surface area contributed by atoms with E-state index < -0.39 is 29.4 Å². The third kappa shape index (κ3) is 4.99. The van der Waals surface area contributed by atoms with Gasteiger partial charge in [-0.1, -0.05) is 19.1 Å². The fourth-order valence-corrected chi connectivity index (χ4v) is 3.65. The fourth-order valence-electron chi connectivity index (χ4n) is 3.65. The van der Waals surface area contributed by atoms with Gasteiger partial charge in [0.05, 0.1) is 30.1 Å². The molecule has 10 heteroatoms. The molecule has 0 aliphatic heterocycles. The normalized spacial score (nSPS) is 24.5. The van der Waals surface area contributed by atoms with Gasteiger partial charge in [0.1, 0.15) is 6.10 Å². The highest BCUT2D eigenvalue weighted by molar-refractivity contribution is 5.68. The Morgan fingerprint density at radius 1 is 1.30 bits per heavy atom. The molecule has 2 aliphatic rings. The van der Waals surface area contributed by atoms with Crippen molar-refractivity contribution in [2.75, 3.05) is 6.61 Å². The number of alkyl carbamates (subject to hydrolysis) is 1. The fraction of sp³-hybridized carbons (Fsp3) is 0.550. The Morgan fingerprint density at radius 2 is 1.93 bits per heavy atom. The van der Waals surface area contributed by atoms with E-state index in [-0.39, 0.29) is 24.9 Å². The summed E-state index contributed by atoms with van der Waals surface area (Å²) in [6.45, 7) is 1.64. The number of benzene rings is 1. The van der Waals surface area contributed by atoms with Gasteiger partial charge in [0.15, 0.2) is 0 Å². The quantitative estimate of drug-likeness (QED) is 0.409. The van der Waals surface area contributed by atoms with E-state index in [1.165, 1.54) is 17.1 Å². The number of hydrogen-bond donors (Lipinski definition) is 4. The van der Waals surface area contributed by atoms with Crippen molar-refractivity contribution in [1.82, 2.24) is 10.3 Å². The minimum absolute atomic E-state index is 0.0742. The molecular formula is C20H27F3N4O3. The molecule has 0 heterocycles. The average Bonchev–Trinajstić information content (AvgIpc) is 3.48. The highest BCUT2D eigenvalue weighted by atomic mass is 19.4. The molecule has 166 valence electrons. The first-order valence-electron chi connectivity index (χ1n) is 9.80. The number of hydrazine groups is 1. The molecule has 1 saturated carbocycles. The Hall–Kier alpha value is -2.46. The van der Waals surface area contributed by atoms with Crippen LogP contribution in [0.25, 0.3) is 0 Å². The van der Waals surface area contributed by atoms with Crippen molar-refractivity contribution in [2.24, 2.45) is 17.0 Å².